The molecule has 1 rings (SSSR count). The molecule has 0 radical (unpaired) electrons. The van der Waals surface area contributed by atoms with Crippen LogP contribution in [0.3, 0.4) is 0 Å². The summed E-state index contributed by atoms with van der Waals surface area (Å²) < 4.78 is 0. The van der Waals surface area contributed by atoms with Crippen LogP contribution in [0.15, 0.2) is 0 Å². The predicted molar refractivity (Wildman–Crippen MR) is 45.7 cm³/mol. The molecule has 0 saturated carbocycles. The SMILES string of the molecule is CC[C@H](CO)NC(=O)C1CNC1. The number of amides is 1. The van der Waals surface area contributed by atoms with Gasteiger partial charge in [-0.2, -0.15) is 0 Å². The van der Waals surface area contributed by atoms with Gasteiger partial charge in [-0.05, 0) is 6.42 Å². The molecule has 1 heterocycles. The molecule has 0 bridgehead atoms. The smallest absolute Gasteiger partial charge is 0.225 e. The largest absolute Gasteiger partial charge is 0.394 e. The van der Waals surface area contributed by atoms with Gasteiger partial charge in [0.2, 0.25) is 5.91 Å². The van der Waals surface area contributed by atoms with Gasteiger partial charge in [-0.15, -0.1) is 0 Å². The van der Waals surface area contributed by atoms with Gasteiger partial charge in [0.05, 0.1) is 18.6 Å². The first-order valence-corrected chi connectivity index (χ1v) is 4.39. The van der Waals surface area contributed by atoms with Crippen molar-refractivity contribution in [3.63, 3.8) is 0 Å². The van der Waals surface area contributed by atoms with E-state index in [1.165, 1.54) is 0 Å². The van der Waals surface area contributed by atoms with Gasteiger partial charge in [-0.1, -0.05) is 6.92 Å². The fourth-order valence-corrected chi connectivity index (χ4v) is 1.07. The van der Waals surface area contributed by atoms with Gasteiger partial charge >= 0.3 is 0 Å². The lowest BCUT2D eigenvalue weighted by Gasteiger charge is -2.27. The molecule has 0 aliphatic carbocycles. The van der Waals surface area contributed by atoms with Crippen LogP contribution >= 0.6 is 0 Å². The lowest BCUT2D eigenvalue weighted by atomic mass is 10.0. The van der Waals surface area contributed by atoms with Crippen LogP contribution in [0, 0.1) is 5.92 Å². The molecule has 0 aromatic rings. The molecule has 1 aliphatic heterocycles. The monoisotopic (exact) mass is 172 g/mol. The topological polar surface area (TPSA) is 61.4 Å². The van der Waals surface area contributed by atoms with Gasteiger partial charge in [0.25, 0.3) is 0 Å². The maximum absolute atomic E-state index is 11.3. The van der Waals surface area contributed by atoms with E-state index in [4.69, 9.17) is 5.11 Å². The average Bonchev–Trinajstić information content (AvgIpc) is 1.96. The van der Waals surface area contributed by atoms with Crippen molar-refractivity contribution in [2.75, 3.05) is 19.7 Å². The Bertz CT molecular complexity index is 153. The molecule has 4 heteroatoms. The number of hydrogen-bond donors (Lipinski definition) is 3. The molecule has 1 aliphatic rings. The van der Waals surface area contributed by atoms with Crippen LogP contribution in [0.1, 0.15) is 13.3 Å². The molecule has 70 valence electrons. The molecule has 0 aromatic carbocycles. The van der Waals surface area contributed by atoms with Crippen molar-refractivity contribution in [1.29, 1.82) is 0 Å². The predicted octanol–water partition coefficient (Wildman–Crippen LogP) is -0.907. The minimum absolute atomic E-state index is 0.0301. The summed E-state index contributed by atoms with van der Waals surface area (Å²) in [5, 5.41) is 14.6. The number of aliphatic hydroxyl groups is 1. The van der Waals surface area contributed by atoms with Gasteiger partial charge in [0.15, 0.2) is 0 Å². The van der Waals surface area contributed by atoms with E-state index in [2.05, 4.69) is 10.6 Å². The van der Waals surface area contributed by atoms with Crippen molar-refractivity contribution in [2.45, 2.75) is 19.4 Å². The van der Waals surface area contributed by atoms with Crippen molar-refractivity contribution in [2.24, 2.45) is 5.92 Å². The number of rotatable bonds is 4. The quantitative estimate of drug-likeness (QED) is 0.514. The lowest BCUT2D eigenvalue weighted by molar-refractivity contribution is -0.127. The van der Waals surface area contributed by atoms with Crippen molar-refractivity contribution in [1.82, 2.24) is 10.6 Å². The molecule has 1 amide bonds. The first-order chi connectivity index (χ1) is 5.77. The van der Waals surface area contributed by atoms with E-state index in [-0.39, 0.29) is 24.5 Å². The second-order valence-electron chi connectivity index (χ2n) is 3.15. The standard InChI is InChI=1S/C8H16N2O2/c1-2-7(5-11)10-8(12)6-3-9-4-6/h6-7,9,11H,2-5H2,1H3,(H,10,12)/t7-/m1/s1. The summed E-state index contributed by atoms with van der Waals surface area (Å²) in [7, 11) is 0. The summed E-state index contributed by atoms with van der Waals surface area (Å²) in [6, 6.07) is -0.0712. The van der Waals surface area contributed by atoms with E-state index < -0.39 is 0 Å². The first kappa shape index (κ1) is 9.48. The zero-order valence-corrected chi connectivity index (χ0v) is 7.34. The molecule has 0 spiro atoms. The zero-order chi connectivity index (χ0) is 8.97. The normalized spacial score (nSPS) is 19.8. The van der Waals surface area contributed by atoms with E-state index in [1.54, 1.807) is 0 Å². The minimum Gasteiger partial charge on any atom is -0.394 e. The molecular weight excluding hydrogens is 156 g/mol. The Morgan fingerprint density at radius 2 is 2.42 bits per heavy atom. The molecule has 0 unspecified atom stereocenters. The second kappa shape index (κ2) is 4.42. The molecule has 3 N–H and O–H groups in total. The fourth-order valence-electron chi connectivity index (χ4n) is 1.07. The second-order valence-corrected chi connectivity index (χ2v) is 3.15. The van der Waals surface area contributed by atoms with Crippen LogP contribution in [0.25, 0.3) is 0 Å². The fraction of sp³-hybridized carbons (Fsp3) is 0.875. The third-order valence-corrected chi connectivity index (χ3v) is 2.21. The van der Waals surface area contributed by atoms with Gasteiger partial charge in [0.1, 0.15) is 0 Å². The third-order valence-electron chi connectivity index (χ3n) is 2.21. The third kappa shape index (κ3) is 2.19. The molecule has 12 heavy (non-hydrogen) atoms. The van der Waals surface area contributed by atoms with Gasteiger partial charge < -0.3 is 15.7 Å². The highest BCUT2D eigenvalue weighted by Crippen LogP contribution is 2.03. The molecular formula is C8H16N2O2. The van der Waals surface area contributed by atoms with Crippen LogP contribution < -0.4 is 10.6 Å². The maximum atomic E-state index is 11.3. The van der Waals surface area contributed by atoms with Crippen molar-refractivity contribution >= 4 is 5.91 Å². The minimum atomic E-state index is -0.0712. The molecule has 0 aromatic heterocycles. The van der Waals surface area contributed by atoms with E-state index in [9.17, 15) is 4.79 Å². The summed E-state index contributed by atoms with van der Waals surface area (Å²) in [6.45, 7) is 3.52. The first-order valence-electron chi connectivity index (χ1n) is 4.39. The van der Waals surface area contributed by atoms with E-state index >= 15 is 0 Å². The number of aliphatic hydroxyl groups excluding tert-OH is 1. The lowest BCUT2D eigenvalue weighted by Crippen LogP contribution is -2.53. The summed E-state index contributed by atoms with van der Waals surface area (Å²) in [4.78, 5) is 11.3. The highest BCUT2D eigenvalue weighted by Gasteiger charge is 2.25. The Morgan fingerprint density at radius 1 is 1.75 bits per heavy atom. The Hall–Kier alpha value is -0.610. The Kier molecular flexibility index (Phi) is 3.49. The summed E-state index contributed by atoms with van der Waals surface area (Å²) >= 11 is 0. The van der Waals surface area contributed by atoms with Crippen molar-refractivity contribution < 1.29 is 9.90 Å². The highest BCUT2D eigenvalue weighted by molar-refractivity contribution is 5.80. The number of carbonyl (C=O) groups is 1. The molecule has 1 saturated heterocycles. The van der Waals surface area contributed by atoms with Crippen LogP contribution in [0.5, 0.6) is 0 Å². The Labute approximate surface area is 72.3 Å². The Morgan fingerprint density at radius 3 is 2.75 bits per heavy atom. The van der Waals surface area contributed by atoms with Crippen LogP contribution in [-0.2, 0) is 4.79 Å². The summed E-state index contributed by atoms with van der Waals surface area (Å²) in [5.41, 5.74) is 0. The van der Waals surface area contributed by atoms with E-state index in [0.717, 1.165) is 19.5 Å². The van der Waals surface area contributed by atoms with Gasteiger partial charge in [0, 0.05) is 13.1 Å². The molecule has 1 atom stereocenters. The summed E-state index contributed by atoms with van der Waals surface area (Å²) in [6.07, 6.45) is 0.780. The van der Waals surface area contributed by atoms with Gasteiger partial charge in [-0.3, -0.25) is 4.79 Å². The Balaban J connectivity index is 2.23. The van der Waals surface area contributed by atoms with Crippen molar-refractivity contribution in [3.05, 3.63) is 0 Å². The number of nitrogens with one attached hydrogen (secondary N) is 2. The molecule has 4 nitrogen and oxygen atoms in total. The van der Waals surface area contributed by atoms with Crippen LogP contribution in [0.2, 0.25) is 0 Å². The average molecular weight is 172 g/mol. The van der Waals surface area contributed by atoms with Crippen LogP contribution in [0.4, 0.5) is 0 Å². The van der Waals surface area contributed by atoms with Gasteiger partial charge in [-0.25, -0.2) is 0 Å². The summed E-state index contributed by atoms with van der Waals surface area (Å²) in [5.74, 6) is 0.181. The van der Waals surface area contributed by atoms with Crippen molar-refractivity contribution in [3.8, 4) is 0 Å². The number of carbonyl (C=O) groups excluding carboxylic acids is 1. The molecule has 1 fully saturated rings. The zero-order valence-electron chi connectivity index (χ0n) is 7.34. The maximum Gasteiger partial charge on any atom is 0.225 e. The number of hydrogen-bond acceptors (Lipinski definition) is 3. The van der Waals surface area contributed by atoms with E-state index in [1.807, 2.05) is 6.92 Å². The van der Waals surface area contributed by atoms with E-state index in [0.29, 0.717) is 0 Å². The highest BCUT2D eigenvalue weighted by atomic mass is 16.3. The van der Waals surface area contributed by atoms with Crippen LogP contribution in [-0.4, -0.2) is 36.8 Å².